The maximum absolute atomic E-state index is 5.77. The van der Waals surface area contributed by atoms with E-state index in [0.29, 0.717) is 0 Å². The highest BCUT2D eigenvalue weighted by atomic mass is 16.5. The van der Waals surface area contributed by atoms with Crippen LogP contribution in [0.5, 0.6) is 0 Å². The summed E-state index contributed by atoms with van der Waals surface area (Å²) >= 11 is 0. The zero-order valence-corrected chi connectivity index (χ0v) is 9.27. The molecular formula is C10H23NO. The normalized spacial score (nSPS) is 20.2. The van der Waals surface area contributed by atoms with E-state index >= 15 is 0 Å². The molecule has 0 aromatic carbocycles. The number of methoxy groups -OCH3 is 1. The predicted octanol–water partition coefficient (Wildman–Crippen LogP) is 2.17. The van der Waals surface area contributed by atoms with Gasteiger partial charge in [-0.3, -0.25) is 0 Å². The Balaban J connectivity index is 4.46. The Morgan fingerprint density at radius 2 is 1.67 bits per heavy atom. The van der Waals surface area contributed by atoms with E-state index in [4.69, 9.17) is 10.5 Å². The van der Waals surface area contributed by atoms with Crippen molar-refractivity contribution in [2.24, 2.45) is 11.1 Å². The molecule has 2 unspecified atom stereocenters. The van der Waals surface area contributed by atoms with Gasteiger partial charge >= 0.3 is 0 Å². The summed E-state index contributed by atoms with van der Waals surface area (Å²) in [5, 5.41) is 0. The third-order valence-corrected chi connectivity index (χ3v) is 2.75. The highest BCUT2D eigenvalue weighted by molar-refractivity contribution is 4.90. The lowest BCUT2D eigenvalue weighted by Gasteiger charge is -2.41. The first-order valence-corrected chi connectivity index (χ1v) is 4.53. The van der Waals surface area contributed by atoms with Gasteiger partial charge in [-0.05, 0) is 25.7 Å². The zero-order chi connectivity index (χ0) is 9.99. The summed E-state index contributed by atoms with van der Waals surface area (Å²) in [7, 11) is 1.76. The van der Waals surface area contributed by atoms with Crippen molar-refractivity contribution < 1.29 is 4.74 Å². The van der Waals surface area contributed by atoms with E-state index in [1.807, 2.05) is 6.92 Å². The SMILES string of the molecule is COC(C)(CC(C)N)C(C)(C)C. The maximum atomic E-state index is 5.77. The third kappa shape index (κ3) is 2.76. The summed E-state index contributed by atoms with van der Waals surface area (Å²) in [6, 6.07) is 0.189. The minimum atomic E-state index is -0.124. The van der Waals surface area contributed by atoms with Crippen molar-refractivity contribution in [2.75, 3.05) is 7.11 Å². The predicted molar refractivity (Wildman–Crippen MR) is 53.1 cm³/mol. The van der Waals surface area contributed by atoms with Crippen LogP contribution < -0.4 is 5.73 Å². The molecule has 0 aliphatic rings. The second kappa shape index (κ2) is 3.75. The number of hydrogen-bond donors (Lipinski definition) is 1. The molecule has 0 aromatic rings. The molecule has 2 N–H and O–H groups in total. The van der Waals surface area contributed by atoms with Gasteiger partial charge in [0.05, 0.1) is 5.60 Å². The van der Waals surface area contributed by atoms with E-state index in [1.165, 1.54) is 0 Å². The molecule has 0 radical (unpaired) electrons. The van der Waals surface area contributed by atoms with Gasteiger partial charge in [0.1, 0.15) is 0 Å². The van der Waals surface area contributed by atoms with Crippen LogP contribution in [0, 0.1) is 5.41 Å². The van der Waals surface area contributed by atoms with Gasteiger partial charge in [-0.1, -0.05) is 20.8 Å². The van der Waals surface area contributed by atoms with Crippen LogP contribution in [-0.4, -0.2) is 18.8 Å². The van der Waals surface area contributed by atoms with Crippen molar-refractivity contribution in [1.82, 2.24) is 0 Å². The molecule has 0 aliphatic carbocycles. The van der Waals surface area contributed by atoms with Crippen LogP contribution in [0.4, 0.5) is 0 Å². The highest BCUT2D eigenvalue weighted by Gasteiger charge is 2.37. The Labute approximate surface area is 76.5 Å². The lowest BCUT2D eigenvalue weighted by Crippen LogP contribution is -2.45. The molecule has 0 bridgehead atoms. The molecular weight excluding hydrogens is 150 g/mol. The van der Waals surface area contributed by atoms with E-state index in [2.05, 4.69) is 27.7 Å². The van der Waals surface area contributed by atoms with E-state index in [0.717, 1.165) is 6.42 Å². The van der Waals surface area contributed by atoms with Crippen molar-refractivity contribution >= 4 is 0 Å². The second-order valence-corrected chi connectivity index (χ2v) is 4.87. The molecule has 0 saturated heterocycles. The first-order chi connectivity index (χ1) is 5.23. The van der Waals surface area contributed by atoms with Crippen LogP contribution in [-0.2, 0) is 4.74 Å². The standard InChI is InChI=1S/C10H23NO/c1-8(11)7-10(5,12-6)9(2,3)4/h8H,7,11H2,1-6H3. The zero-order valence-electron chi connectivity index (χ0n) is 9.27. The van der Waals surface area contributed by atoms with Crippen molar-refractivity contribution in [3.05, 3.63) is 0 Å². The average molecular weight is 173 g/mol. The third-order valence-electron chi connectivity index (χ3n) is 2.75. The van der Waals surface area contributed by atoms with Crippen LogP contribution in [0.25, 0.3) is 0 Å². The summed E-state index contributed by atoms with van der Waals surface area (Å²) in [5.41, 5.74) is 5.78. The van der Waals surface area contributed by atoms with Gasteiger partial charge in [-0.15, -0.1) is 0 Å². The molecule has 0 spiro atoms. The fourth-order valence-electron chi connectivity index (χ4n) is 1.31. The van der Waals surface area contributed by atoms with Crippen molar-refractivity contribution in [3.8, 4) is 0 Å². The van der Waals surface area contributed by atoms with Gasteiger partial charge in [-0.25, -0.2) is 0 Å². The number of hydrogen-bond acceptors (Lipinski definition) is 2. The molecule has 0 aliphatic heterocycles. The van der Waals surface area contributed by atoms with E-state index in [1.54, 1.807) is 7.11 Å². The second-order valence-electron chi connectivity index (χ2n) is 4.87. The first kappa shape index (κ1) is 11.9. The monoisotopic (exact) mass is 173 g/mol. The van der Waals surface area contributed by atoms with Crippen LogP contribution >= 0.6 is 0 Å². The van der Waals surface area contributed by atoms with Crippen LogP contribution in [0.3, 0.4) is 0 Å². The molecule has 0 rings (SSSR count). The largest absolute Gasteiger partial charge is 0.378 e. The molecule has 12 heavy (non-hydrogen) atoms. The average Bonchev–Trinajstić information content (AvgIpc) is 1.83. The Morgan fingerprint density at radius 1 is 1.25 bits per heavy atom. The van der Waals surface area contributed by atoms with Crippen LogP contribution in [0.15, 0.2) is 0 Å². The van der Waals surface area contributed by atoms with Crippen LogP contribution in [0.2, 0.25) is 0 Å². The van der Waals surface area contributed by atoms with Crippen molar-refractivity contribution in [3.63, 3.8) is 0 Å². The maximum Gasteiger partial charge on any atom is 0.0713 e. The van der Waals surface area contributed by atoms with Crippen molar-refractivity contribution in [2.45, 2.75) is 52.7 Å². The minimum absolute atomic E-state index is 0.124. The Hall–Kier alpha value is -0.0800. The lowest BCUT2D eigenvalue weighted by molar-refractivity contribution is -0.0859. The van der Waals surface area contributed by atoms with Gasteiger partial charge < -0.3 is 10.5 Å². The number of rotatable bonds is 3. The fourth-order valence-corrected chi connectivity index (χ4v) is 1.31. The molecule has 0 heterocycles. The summed E-state index contributed by atoms with van der Waals surface area (Å²) < 4.78 is 5.53. The molecule has 2 atom stereocenters. The first-order valence-electron chi connectivity index (χ1n) is 4.53. The highest BCUT2D eigenvalue weighted by Crippen LogP contribution is 2.36. The molecule has 0 fully saturated rings. The molecule has 0 aromatic heterocycles. The van der Waals surface area contributed by atoms with Gasteiger partial charge in [-0.2, -0.15) is 0 Å². The van der Waals surface area contributed by atoms with Gasteiger partial charge in [0, 0.05) is 13.2 Å². The molecule has 0 saturated carbocycles. The molecule has 2 heteroatoms. The summed E-state index contributed by atoms with van der Waals surface area (Å²) in [4.78, 5) is 0. The van der Waals surface area contributed by atoms with Crippen LogP contribution in [0.1, 0.15) is 41.0 Å². The Kier molecular flexibility index (Phi) is 3.73. The topological polar surface area (TPSA) is 35.2 Å². The summed E-state index contributed by atoms with van der Waals surface area (Å²) in [5.74, 6) is 0. The smallest absolute Gasteiger partial charge is 0.0713 e. The summed E-state index contributed by atoms with van der Waals surface area (Å²) in [6.07, 6.45) is 0.896. The molecule has 0 amide bonds. The van der Waals surface area contributed by atoms with Gasteiger partial charge in [0.2, 0.25) is 0 Å². The quantitative estimate of drug-likeness (QED) is 0.710. The Morgan fingerprint density at radius 3 is 1.75 bits per heavy atom. The lowest BCUT2D eigenvalue weighted by atomic mass is 9.74. The van der Waals surface area contributed by atoms with Gasteiger partial charge in [0.15, 0.2) is 0 Å². The Bertz CT molecular complexity index is 137. The fraction of sp³-hybridized carbons (Fsp3) is 1.00. The van der Waals surface area contributed by atoms with E-state index < -0.39 is 0 Å². The molecule has 2 nitrogen and oxygen atoms in total. The van der Waals surface area contributed by atoms with Gasteiger partial charge in [0.25, 0.3) is 0 Å². The number of ether oxygens (including phenoxy) is 1. The minimum Gasteiger partial charge on any atom is -0.378 e. The number of nitrogens with two attached hydrogens (primary N) is 1. The van der Waals surface area contributed by atoms with E-state index in [9.17, 15) is 0 Å². The molecule has 74 valence electrons. The summed E-state index contributed by atoms with van der Waals surface area (Å²) in [6.45, 7) is 10.7. The van der Waals surface area contributed by atoms with E-state index in [-0.39, 0.29) is 17.1 Å². The van der Waals surface area contributed by atoms with Crippen molar-refractivity contribution in [1.29, 1.82) is 0 Å².